The van der Waals surface area contributed by atoms with Gasteiger partial charge >= 0.3 is 5.69 Å². The maximum Gasteiger partial charge on any atom is 0.329 e. The van der Waals surface area contributed by atoms with E-state index >= 15 is 0 Å². The molecule has 33 heavy (non-hydrogen) atoms. The van der Waals surface area contributed by atoms with E-state index in [1.54, 1.807) is 6.07 Å². The summed E-state index contributed by atoms with van der Waals surface area (Å²) in [7, 11) is 0. The third kappa shape index (κ3) is 4.23. The lowest BCUT2D eigenvalue weighted by Gasteiger charge is -2.13. The number of pyridine rings is 1. The lowest BCUT2D eigenvalue weighted by atomic mass is 10.1. The molecule has 3 aromatic heterocycles. The van der Waals surface area contributed by atoms with Crippen LogP contribution in [-0.4, -0.2) is 25.4 Å². The van der Waals surface area contributed by atoms with Crippen molar-refractivity contribution in [2.75, 3.05) is 0 Å². The molecular formula is C24H23N5O3S. The zero-order chi connectivity index (χ0) is 22.9. The topological polar surface area (TPSA) is 110 Å². The number of H-pyrrole nitrogens is 1. The van der Waals surface area contributed by atoms with Crippen molar-refractivity contribution in [3.8, 4) is 11.3 Å². The van der Waals surface area contributed by atoms with E-state index in [0.717, 1.165) is 34.8 Å². The summed E-state index contributed by atoms with van der Waals surface area (Å²) in [5.41, 5.74) is 2.05. The summed E-state index contributed by atoms with van der Waals surface area (Å²) in [5.74, 6) is -0.120. The van der Waals surface area contributed by atoms with Gasteiger partial charge in [0.15, 0.2) is 5.65 Å². The minimum Gasteiger partial charge on any atom is -0.345 e. The van der Waals surface area contributed by atoms with E-state index in [0.29, 0.717) is 13.0 Å². The number of benzene rings is 1. The predicted molar refractivity (Wildman–Crippen MR) is 128 cm³/mol. The van der Waals surface area contributed by atoms with Crippen LogP contribution in [0.4, 0.5) is 0 Å². The number of aryl methyl sites for hydroxylation is 1. The quantitative estimate of drug-likeness (QED) is 0.438. The summed E-state index contributed by atoms with van der Waals surface area (Å²) in [6.07, 6.45) is 2.68. The Balaban J connectivity index is 1.48. The molecule has 0 saturated heterocycles. The number of fused-ring (bicyclic) bond motifs is 1. The van der Waals surface area contributed by atoms with Crippen LogP contribution in [0.1, 0.15) is 53.2 Å². The number of thiazole rings is 1. The molecule has 0 spiro atoms. The van der Waals surface area contributed by atoms with Gasteiger partial charge in [-0.25, -0.2) is 14.8 Å². The van der Waals surface area contributed by atoms with Gasteiger partial charge in [-0.2, -0.15) is 0 Å². The van der Waals surface area contributed by atoms with E-state index in [9.17, 15) is 14.4 Å². The molecule has 1 aliphatic carbocycles. The van der Waals surface area contributed by atoms with Crippen molar-refractivity contribution < 1.29 is 4.79 Å². The van der Waals surface area contributed by atoms with Gasteiger partial charge in [0.25, 0.3) is 11.5 Å². The second-order valence-corrected chi connectivity index (χ2v) is 9.10. The van der Waals surface area contributed by atoms with Crippen molar-refractivity contribution in [3.63, 3.8) is 0 Å². The first-order valence-corrected chi connectivity index (χ1v) is 11.9. The largest absolute Gasteiger partial charge is 0.345 e. The van der Waals surface area contributed by atoms with Gasteiger partial charge < -0.3 is 5.32 Å². The molecule has 0 aliphatic heterocycles. The third-order valence-electron chi connectivity index (χ3n) is 5.68. The first-order valence-electron chi connectivity index (χ1n) is 11.0. The Hall–Kier alpha value is -3.59. The van der Waals surface area contributed by atoms with Crippen LogP contribution in [0.3, 0.4) is 0 Å². The molecule has 1 saturated carbocycles. The van der Waals surface area contributed by atoms with Crippen LogP contribution in [0.5, 0.6) is 0 Å². The Kier molecular flexibility index (Phi) is 5.63. The number of carbonyl (C=O) groups excluding carboxylic acids is 1. The highest BCUT2D eigenvalue weighted by atomic mass is 32.1. The first-order chi connectivity index (χ1) is 16.0. The monoisotopic (exact) mass is 461 g/mol. The summed E-state index contributed by atoms with van der Waals surface area (Å²) in [6, 6.07) is 11.5. The van der Waals surface area contributed by atoms with Crippen LogP contribution in [-0.2, 0) is 13.1 Å². The highest BCUT2D eigenvalue weighted by Gasteiger charge is 2.28. The Morgan fingerprint density at radius 2 is 2.00 bits per heavy atom. The van der Waals surface area contributed by atoms with Crippen molar-refractivity contribution in [1.29, 1.82) is 0 Å². The Morgan fingerprint density at radius 1 is 1.21 bits per heavy atom. The predicted octanol–water partition coefficient (Wildman–Crippen LogP) is 3.43. The van der Waals surface area contributed by atoms with E-state index in [-0.39, 0.29) is 35.0 Å². The van der Waals surface area contributed by atoms with Crippen LogP contribution in [0.2, 0.25) is 0 Å². The lowest BCUT2D eigenvalue weighted by molar-refractivity contribution is 0.0952. The third-order valence-corrected chi connectivity index (χ3v) is 6.53. The number of rotatable bonds is 7. The van der Waals surface area contributed by atoms with Gasteiger partial charge in [0.05, 0.1) is 23.2 Å². The van der Waals surface area contributed by atoms with Crippen LogP contribution in [0.25, 0.3) is 22.3 Å². The maximum atomic E-state index is 13.2. The number of aromatic amines is 1. The summed E-state index contributed by atoms with van der Waals surface area (Å²) in [5, 5.41) is 5.76. The van der Waals surface area contributed by atoms with Crippen LogP contribution >= 0.6 is 11.3 Å². The van der Waals surface area contributed by atoms with Gasteiger partial charge in [0.2, 0.25) is 0 Å². The molecule has 3 heterocycles. The molecular weight excluding hydrogens is 438 g/mol. The fourth-order valence-electron chi connectivity index (χ4n) is 3.88. The number of amides is 1. The van der Waals surface area contributed by atoms with Gasteiger partial charge in [-0.05, 0) is 25.3 Å². The average Bonchev–Trinajstić information content (AvgIpc) is 3.57. The zero-order valence-electron chi connectivity index (χ0n) is 18.1. The van der Waals surface area contributed by atoms with E-state index in [4.69, 9.17) is 0 Å². The minimum atomic E-state index is -0.594. The highest BCUT2D eigenvalue weighted by Crippen LogP contribution is 2.39. The molecule has 0 atom stereocenters. The molecule has 168 valence electrons. The molecule has 2 N–H and O–H groups in total. The van der Waals surface area contributed by atoms with Crippen molar-refractivity contribution in [1.82, 2.24) is 24.8 Å². The Labute approximate surface area is 193 Å². The van der Waals surface area contributed by atoms with E-state index in [1.807, 2.05) is 42.6 Å². The molecule has 5 rings (SSSR count). The van der Waals surface area contributed by atoms with E-state index in [2.05, 4.69) is 20.3 Å². The van der Waals surface area contributed by atoms with E-state index in [1.165, 1.54) is 15.9 Å². The molecule has 9 heteroatoms. The van der Waals surface area contributed by atoms with Gasteiger partial charge in [0.1, 0.15) is 5.01 Å². The van der Waals surface area contributed by atoms with Gasteiger partial charge in [-0.15, -0.1) is 11.3 Å². The molecule has 1 fully saturated rings. The van der Waals surface area contributed by atoms with Crippen molar-refractivity contribution in [2.45, 2.75) is 45.2 Å². The molecule has 1 amide bonds. The number of hydrogen-bond acceptors (Lipinski definition) is 6. The second kappa shape index (κ2) is 8.74. The molecule has 1 aliphatic rings. The van der Waals surface area contributed by atoms with Crippen molar-refractivity contribution in [2.24, 2.45) is 0 Å². The number of carbonyl (C=O) groups is 1. The molecule has 8 nitrogen and oxygen atoms in total. The molecule has 1 aromatic carbocycles. The van der Waals surface area contributed by atoms with Gasteiger partial charge in [-0.3, -0.25) is 19.1 Å². The number of nitrogens with one attached hydrogen (secondary N) is 2. The summed E-state index contributed by atoms with van der Waals surface area (Å²) >= 11 is 1.47. The molecule has 0 unspecified atom stereocenters. The lowest BCUT2D eigenvalue weighted by Crippen LogP contribution is -2.33. The Morgan fingerprint density at radius 3 is 2.73 bits per heavy atom. The summed E-state index contributed by atoms with van der Waals surface area (Å²) in [4.78, 5) is 49.9. The smallest absolute Gasteiger partial charge is 0.329 e. The molecule has 0 bridgehead atoms. The molecule has 4 aromatic rings. The number of aromatic nitrogens is 4. The number of nitrogens with zero attached hydrogens (tertiary/aromatic N) is 3. The first kappa shape index (κ1) is 21.3. The molecule has 0 radical (unpaired) electrons. The SMILES string of the molecule is CCCn1c(=O)[nH]c(=O)c2c(C(=O)NCc3nc(-c4ccccc4)cs3)cc(C3CC3)nc21. The van der Waals surface area contributed by atoms with Crippen LogP contribution < -0.4 is 16.6 Å². The summed E-state index contributed by atoms with van der Waals surface area (Å²) < 4.78 is 1.45. The normalized spacial score (nSPS) is 13.4. The van der Waals surface area contributed by atoms with Crippen molar-refractivity contribution in [3.05, 3.63) is 78.9 Å². The van der Waals surface area contributed by atoms with Gasteiger partial charge in [0, 0.05) is 29.1 Å². The minimum absolute atomic E-state index is 0.147. The fraction of sp³-hybridized carbons (Fsp3) is 0.292. The average molecular weight is 462 g/mol. The van der Waals surface area contributed by atoms with Crippen LogP contribution in [0, 0.1) is 0 Å². The van der Waals surface area contributed by atoms with Crippen molar-refractivity contribution >= 4 is 28.3 Å². The van der Waals surface area contributed by atoms with Crippen LogP contribution in [0.15, 0.2) is 51.4 Å². The van der Waals surface area contributed by atoms with E-state index < -0.39 is 11.2 Å². The second-order valence-electron chi connectivity index (χ2n) is 8.15. The standard InChI is InChI=1S/C24H23N5O3S/c1-2-10-29-21-20(23(31)28-24(29)32)16(11-17(27-21)15-8-9-15)22(30)25-12-19-26-18(13-33-19)14-6-4-3-5-7-14/h3-7,11,13,15H,2,8-10,12H2,1H3,(H,25,30)(H,28,31,32). The van der Waals surface area contributed by atoms with Gasteiger partial charge in [-0.1, -0.05) is 37.3 Å². The fourth-order valence-corrected chi connectivity index (χ4v) is 4.62. The number of hydrogen-bond donors (Lipinski definition) is 2. The highest BCUT2D eigenvalue weighted by molar-refractivity contribution is 7.09. The summed E-state index contributed by atoms with van der Waals surface area (Å²) in [6.45, 7) is 2.60. The maximum absolute atomic E-state index is 13.2. The zero-order valence-corrected chi connectivity index (χ0v) is 18.9. The Bertz CT molecular complexity index is 1450.